The molecule has 4 nitrogen and oxygen atoms in total. The second kappa shape index (κ2) is 5.41. The lowest BCUT2D eigenvalue weighted by molar-refractivity contribution is 0.415. The van der Waals surface area contributed by atoms with Crippen LogP contribution < -0.4 is 10.5 Å². The lowest BCUT2D eigenvalue weighted by Gasteiger charge is -2.08. The normalized spacial score (nSPS) is 10.2. The van der Waals surface area contributed by atoms with Gasteiger partial charge >= 0.3 is 0 Å². The number of aromatic nitrogens is 2. The van der Waals surface area contributed by atoms with Crippen LogP contribution >= 0.6 is 0 Å². The van der Waals surface area contributed by atoms with Crippen molar-refractivity contribution in [2.75, 3.05) is 13.7 Å². The number of nitrogens with zero attached hydrogens (tertiary/aromatic N) is 2. The van der Waals surface area contributed by atoms with E-state index in [1.54, 1.807) is 13.4 Å². The average Bonchev–Trinajstić information content (AvgIpc) is 2.40. The molecule has 2 aromatic rings. The van der Waals surface area contributed by atoms with E-state index in [1.807, 2.05) is 30.5 Å². The molecule has 1 heterocycles. The minimum Gasteiger partial charge on any atom is -0.497 e. The molecule has 0 radical (unpaired) electrons. The fourth-order valence-corrected chi connectivity index (χ4v) is 1.73. The first-order valence-electron chi connectivity index (χ1n) is 5.48. The molecule has 0 atom stereocenters. The van der Waals surface area contributed by atoms with Gasteiger partial charge < -0.3 is 10.5 Å². The van der Waals surface area contributed by atoms with Gasteiger partial charge in [-0.05, 0) is 30.7 Å². The zero-order chi connectivity index (χ0) is 12.1. The van der Waals surface area contributed by atoms with Crippen LogP contribution in [0.1, 0.15) is 5.56 Å². The molecular weight excluding hydrogens is 214 g/mol. The van der Waals surface area contributed by atoms with E-state index < -0.39 is 0 Å². The number of methoxy groups -OCH3 is 1. The molecule has 0 aliphatic heterocycles. The van der Waals surface area contributed by atoms with Gasteiger partial charge in [-0.3, -0.25) is 0 Å². The van der Waals surface area contributed by atoms with E-state index in [4.69, 9.17) is 10.5 Å². The SMILES string of the molecule is COc1cccc(-c2ncncc2CCN)c1. The van der Waals surface area contributed by atoms with Gasteiger partial charge in [0.1, 0.15) is 12.1 Å². The third-order valence-electron chi connectivity index (χ3n) is 2.54. The standard InChI is InChI=1S/C13H15N3O/c1-17-12-4-2-3-10(7-12)13-11(5-6-14)8-15-9-16-13/h2-4,7-9H,5-6,14H2,1H3. The van der Waals surface area contributed by atoms with Crippen LogP contribution in [0.3, 0.4) is 0 Å². The molecule has 2 rings (SSSR count). The van der Waals surface area contributed by atoms with Crippen LogP contribution in [0.5, 0.6) is 5.75 Å². The van der Waals surface area contributed by atoms with E-state index in [0.717, 1.165) is 29.0 Å². The molecule has 0 saturated heterocycles. The smallest absolute Gasteiger partial charge is 0.119 e. The van der Waals surface area contributed by atoms with Crippen LogP contribution in [-0.2, 0) is 6.42 Å². The Morgan fingerprint density at radius 1 is 1.35 bits per heavy atom. The summed E-state index contributed by atoms with van der Waals surface area (Å²) in [6.07, 6.45) is 4.14. The topological polar surface area (TPSA) is 61.0 Å². The Kier molecular flexibility index (Phi) is 3.67. The van der Waals surface area contributed by atoms with Crippen molar-refractivity contribution in [3.8, 4) is 17.0 Å². The summed E-state index contributed by atoms with van der Waals surface area (Å²) in [4.78, 5) is 8.35. The summed E-state index contributed by atoms with van der Waals surface area (Å²) in [7, 11) is 1.65. The van der Waals surface area contributed by atoms with Crippen LogP contribution in [0.4, 0.5) is 0 Å². The van der Waals surface area contributed by atoms with Crippen LogP contribution in [0.2, 0.25) is 0 Å². The Bertz CT molecular complexity index is 500. The van der Waals surface area contributed by atoms with E-state index >= 15 is 0 Å². The highest BCUT2D eigenvalue weighted by Crippen LogP contribution is 2.24. The Morgan fingerprint density at radius 2 is 2.24 bits per heavy atom. The highest BCUT2D eigenvalue weighted by Gasteiger charge is 2.06. The van der Waals surface area contributed by atoms with Crippen molar-refractivity contribution in [1.82, 2.24) is 9.97 Å². The lowest BCUT2D eigenvalue weighted by atomic mass is 10.0. The van der Waals surface area contributed by atoms with Crippen LogP contribution in [-0.4, -0.2) is 23.6 Å². The van der Waals surface area contributed by atoms with E-state index in [1.165, 1.54) is 0 Å². The van der Waals surface area contributed by atoms with Crippen molar-refractivity contribution >= 4 is 0 Å². The number of hydrogen-bond acceptors (Lipinski definition) is 4. The van der Waals surface area contributed by atoms with Gasteiger partial charge in [0.05, 0.1) is 12.8 Å². The summed E-state index contributed by atoms with van der Waals surface area (Å²) in [5, 5.41) is 0. The Balaban J connectivity index is 2.44. The van der Waals surface area contributed by atoms with Crippen LogP contribution in [0, 0.1) is 0 Å². The van der Waals surface area contributed by atoms with Gasteiger partial charge in [-0.1, -0.05) is 12.1 Å². The van der Waals surface area contributed by atoms with E-state index in [9.17, 15) is 0 Å². The molecule has 0 saturated carbocycles. The third kappa shape index (κ3) is 2.60. The van der Waals surface area contributed by atoms with E-state index in [0.29, 0.717) is 6.54 Å². The molecule has 1 aromatic heterocycles. The van der Waals surface area contributed by atoms with E-state index in [-0.39, 0.29) is 0 Å². The fraction of sp³-hybridized carbons (Fsp3) is 0.231. The van der Waals surface area contributed by atoms with Crippen molar-refractivity contribution in [3.63, 3.8) is 0 Å². The molecule has 1 aromatic carbocycles. The van der Waals surface area contributed by atoms with Gasteiger partial charge in [0.25, 0.3) is 0 Å². The second-order valence-corrected chi connectivity index (χ2v) is 3.67. The first-order valence-corrected chi connectivity index (χ1v) is 5.48. The molecule has 0 aliphatic rings. The fourth-order valence-electron chi connectivity index (χ4n) is 1.73. The summed E-state index contributed by atoms with van der Waals surface area (Å²) in [5.74, 6) is 0.819. The Labute approximate surface area is 100 Å². The van der Waals surface area contributed by atoms with Gasteiger partial charge in [-0.2, -0.15) is 0 Å². The maximum Gasteiger partial charge on any atom is 0.119 e. The number of ether oxygens (including phenoxy) is 1. The zero-order valence-corrected chi connectivity index (χ0v) is 9.76. The van der Waals surface area contributed by atoms with E-state index in [2.05, 4.69) is 9.97 Å². The second-order valence-electron chi connectivity index (χ2n) is 3.67. The molecule has 0 bridgehead atoms. The minimum atomic E-state index is 0.588. The molecule has 4 heteroatoms. The van der Waals surface area contributed by atoms with Crippen molar-refractivity contribution in [3.05, 3.63) is 42.4 Å². The molecule has 0 spiro atoms. The summed E-state index contributed by atoms with van der Waals surface area (Å²) >= 11 is 0. The molecular formula is C13H15N3O. The summed E-state index contributed by atoms with van der Waals surface area (Å²) < 4.78 is 5.21. The van der Waals surface area contributed by atoms with Gasteiger partial charge in [0.15, 0.2) is 0 Å². The monoisotopic (exact) mass is 229 g/mol. The molecule has 0 fully saturated rings. The number of rotatable bonds is 4. The lowest BCUT2D eigenvalue weighted by Crippen LogP contribution is -2.05. The van der Waals surface area contributed by atoms with Gasteiger partial charge in [-0.15, -0.1) is 0 Å². The third-order valence-corrected chi connectivity index (χ3v) is 2.54. The van der Waals surface area contributed by atoms with Crippen molar-refractivity contribution < 1.29 is 4.74 Å². The first kappa shape index (κ1) is 11.5. The van der Waals surface area contributed by atoms with Gasteiger partial charge in [0.2, 0.25) is 0 Å². The van der Waals surface area contributed by atoms with Crippen LogP contribution in [0.25, 0.3) is 11.3 Å². The predicted molar refractivity (Wildman–Crippen MR) is 66.8 cm³/mol. The van der Waals surface area contributed by atoms with Gasteiger partial charge in [0, 0.05) is 11.8 Å². The molecule has 88 valence electrons. The molecule has 0 aliphatic carbocycles. The molecule has 0 unspecified atom stereocenters. The Morgan fingerprint density at radius 3 is 3.00 bits per heavy atom. The summed E-state index contributed by atoms with van der Waals surface area (Å²) in [6, 6.07) is 7.82. The van der Waals surface area contributed by atoms with Crippen molar-refractivity contribution in [1.29, 1.82) is 0 Å². The van der Waals surface area contributed by atoms with Crippen LogP contribution in [0.15, 0.2) is 36.8 Å². The summed E-state index contributed by atoms with van der Waals surface area (Å²) in [5.41, 5.74) is 8.59. The molecule has 2 N–H and O–H groups in total. The Hall–Kier alpha value is -1.94. The average molecular weight is 229 g/mol. The highest BCUT2D eigenvalue weighted by atomic mass is 16.5. The zero-order valence-electron chi connectivity index (χ0n) is 9.76. The predicted octanol–water partition coefficient (Wildman–Crippen LogP) is 1.65. The number of nitrogens with two attached hydrogens (primary N) is 1. The number of benzene rings is 1. The molecule has 17 heavy (non-hydrogen) atoms. The van der Waals surface area contributed by atoms with Gasteiger partial charge in [-0.25, -0.2) is 9.97 Å². The summed E-state index contributed by atoms with van der Waals surface area (Å²) in [6.45, 7) is 0.588. The first-order chi connectivity index (χ1) is 8.35. The van der Waals surface area contributed by atoms with Crippen molar-refractivity contribution in [2.45, 2.75) is 6.42 Å². The molecule has 0 amide bonds. The minimum absolute atomic E-state index is 0.588. The quantitative estimate of drug-likeness (QED) is 0.866. The number of hydrogen-bond donors (Lipinski definition) is 1. The van der Waals surface area contributed by atoms with Crippen molar-refractivity contribution in [2.24, 2.45) is 5.73 Å². The maximum absolute atomic E-state index is 5.58. The highest BCUT2D eigenvalue weighted by molar-refractivity contribution is 5.64. The largest absolute Gasteiger partial charge is 0.497 e. The maximum atomic E-state index is 5.58.